The molecule has 3 aromatic carbocycles. The fourth-order valence-electron chi connectivity index (χ4n) is 3.36. The molecule has 0 fully saturated rings. The summed E-state index contributed by atoms with van der Waals surface area (Å²) in [7, 11) is 0. The van der Waals surface area contributed by atoms with Crippen molar-refractivity contribution in [2.75, 3.05) is 19.7 Å². The highest BCUT2D eigenvalue weighted by atomic mass is 16.5. The molecule has 0 bridgehead atoms. The summed E-state index contributed by atoms with van der Waals surface area (Å²) < 4.78 is 5.82. The lowest BCUT2D eigenvalue weighted by Gasteiger charge is -2.11. The van der Waals surface area contributed by atoms with Crippen molar-refractivity contribution < 1.29 is 9.53 Å². The van der Waals surface area contributed by atoms with Crippen LogP contribution in [0.1, 0.15) is 23.7 Å². The van der Waals surface area contributed by atoms with Crippen LogP contribution in [0, 0.1) is 0 Å². The first kappa shape index (κ1) is 19.0. The number of aromatic nitrogens is 2. The van der Waals surface area contributed by atoms with E-state index in [1.54, 1.807) is 12.1 Å². The number of carbonyl (C=O) groups is 1. The van der Waals surface area contributed by atoms with Crippen LogP contribution in [-0.4, -0.2) is 35.6 Å². The van der Waals surface area contributed by atoms with Crippen LogP contribution in [-0.2, 0) is 0 Å². The minimum atomic E-state index is -0.137. The molecule has 29 heavy (non-hydrogen) atoms. The number of fused-ring (bicyclic) bond motifs is 2. The van der Waals surface area contributed by atoms with Crippen molar-refractivity contribution in [3.8, 4) is 17.1 Å². The molecule has 0 aliphatic rings. The molecule has 4 aromatic rings. The van der Waals surface area contributed by atoms with Crippen molar-refractivity contribution in [3.63, 3.8) is 0 Å². The summed E-state index contributed by atoms with van der Waals surface area (Å²) in [5.41, 5.74) is 8.72. The Morgan fingerprint density at radius 1 is 1.14 bits per heavy atom. The van der Waals surface area contributed by atoms with Crippen molar-refractivity contribution >= 4 is 27.7 Å². The molecule has 0 spiro atoms. The van der Waals surface area contributed by atoms with Gasteiger partial charge in [-0.25, -0.2) is 4.98 Å². The third kappa shape index (κ3) is 3.93. The zero-order valence-corrected chi connectivity index (χ0v) is 16.4. The number of hydrogen-bond donors (Lipinski definition) is 3. The average Bonchev–Trinajstić information content (AvgIpc) is 3.14. The van der Waals surface area contributed by atoms with E-state index >= 15 is 0 Å². The Balaban J connectivity index is 1.71. The summed E-state index contributed by atoms with van der Waals surface area (Å²) in [5, 5.41) is 5.17. The molecule has 148 valence electrons. The van der Waals surface area contributed by atoms with Crippen molar-refractivity contribution in [2.24, 2.45) is 5.73 Å². The van der Waals surface area contributed by atoms with Gasteiger partial charge in [0.05, 0.1) is 23.2 Å². The SMILES string of the molecule is CCOc1cc(C(=O)NCCCN)ccc1-c1nc2cc3ccccc3cc2[nH]1. The highest BCUT2D eigenvalue weighted by Gasteiger charge is 2.15. The molecule has 6 nitrogen and oxygen atoms in total. The molecule has 0 aliphatic heterocycles. The summed E-state index contributed by atoms with van der Waals surface area (Å²) >= 11 is 0. The van der Waals surface area contributed by atoms with Crippen LogP contribution in [0.25, 0.3) is 33.2 Å². The number of H-pyrrole nitrogens is 1. The molecule has 1 aromatic heterocycles. The number of aromatic amines is 1. The fraction of sp³-hybridized carbons (Fsp3) is 0.217. The van der Waals surface area contributed by atoms with E-state index in [9.17, 15) is 4.79 Å². The number of nitrogens with zero attached hydrogens (tertiary/aromatic N) is 1. The van der Waals surface area contributed by atoms with E-state index in [1.165, 1.54) is 0 Å². The van der Waals surface area contributed by atoms with E-state index in [4.69, 9.17) is 15.5 Å². The van der Waals surface area contributed by atoms with E-state index in [0.29, 0.717) is 36.8 Å². The Bertz CT molecular complexity index is 1110. The second-order valence-electron chi connectivity index (χ2n) is 6.84. The lowest BCUT2D eigenvalue weighted by Crippen LogP contribution is -2.25. The van der Waals surface area contributed by atoms with Crippen molar-refractivity contribution in [1.29, 1.82) is 0 Å². The van der Waals surface area contributed by atoms with Crippen molar-refractivity contribution in [3.05, 3.63) is 60.2 Å². The number of carbonyl (C=O) groups excluding carboxylic acids is 1. The molecule has 1 amide bonds. The van der Waals surface area contributed by atoms with Crippen LogP contribution in [0.4, 0.5) is 0 Å². The molecule has 4 N–H and O–H groups in total. The first-order chi connectivity index (χ1) is 14.2. The van der Waals surface area contributed by atoms with Crippen molar-refractivity contribution in [2.45, 2.75) is 13.3 Å². The first-order valence-electron chi connectivity index (χ1n) is 9.83. The lowest BCUT2D eigenvalue weighted by atomic mass is 10.1. The molecule has 0 saturated carbocycles. The van der Waals surface area contributed by atoms with Gasteiger partial charge in [0.1, 0.15) is 11.6 Å². The van der Waals surface area contributed by atoms with Gasteiger partial charge in [-0.05, 0) is 61.0 Å². The van der Waals surface area contributed by atoms with Gasteiger partial charge in [-0.2, -0.15) is 0 Å². The molecule has 0 radical (unpaired) electrons. The third-order valence-electron chi connectivity index (χ3n) is 4.81. The van der Waals surface area contributed by atoms with Crippen LogP contribution in [0.2, 0.25) is 0 Å². The molecule has 0 atom stereocenters. The smallest absolute Gasteiger partial charge is 0.251 e. The summed E-state index contributed by atoms with van der Waals surface area (Å²) in [6.45, 7) is 3.52. The maximum absolute atomic E-state index is 12.4. The van der Waals surface area contributed by atoms with Gasteiger partial charge in [0.25, 0.3) is 5.91 Å². The average molecular weight is 388 g/mol. The normalized spacial score (nSPS) is 11.1. The summed E-state index contributed by atoms with van der Waals surface area (Å²) in [6.07, 6.45) is 0.746. The van der Waals surface area contributed by atoms with E-state index in [1.807, 2.05) is 25.1 Å². The molecule has 0 unspecified atom stereocenters. The summed E-state index contributed by atoms with van der Waals surface area (Å²) in [6, 6.07) is 17.8. The Labute approximate surface area is 169 Å². The Morgan fingerprint density at radius 2 is 1.93 bits per heavy atom. The maximum atomic E-state index is 12.4. The zero-order valence-electron chi connectivity index (χ0n) is 16.4. The summed E-state index contributed by atoms with van der Waals surface area (Å²) in [5.74, 6) is 1.21. The van der Waals surface area contributed by atoms with Gasteiger partial charge in [0, 0.05) is 12.1 Å². The van der Waals surface area contributed by atoms with Gasteiger partial charge in [-0.15, -0.1) is 0 Å². The number of amides is 1. The molecule has 1 heterocycles. The minimum Gasteiger partial charge on any atom is -0.493 e. The molecule has 0 saturated heterocycles. The molecular formula is C23H24N4O2. The van der Waals surface area contributed by atoms with Crippen LogP contribution in [0.3, 0.4) is 0 Å². The van der Waals surface area contributed by atoms with Crippen LogP contribution < -0.4 is 15.8 Å². The third-order valence-corrected chi connectivity index (χ3v) is 4.81. The van der Waals surface area contributed by atoms with Gasteiger partial charge in [-0.3, -0.25) is 4.79 Å². The number of rotatable bonds is 7. The number of imidazole rings is 1. The molecule has 4 rings (SSSR count). The topological polar surface area (TPSA) is 93.0 Å². The Hall–Kier alpha value is -3.38. The number of nitrogens with two attached hydrogens (primary N) is 1. The predicted octanol–water partition coefficient (Wildman–Crippen LogP) is 3.86. The first-order valence-corrected chi connectivity index (χ1v) is 9.83. The van der Waals surface area contributed by atoms with Gasteiger partial charge in [0.15, 0.2) is 0 Å². The van der Waals surface area contributed by atoms with Gasteiger partial charge < -0.3 is 20.8 Å². The maximum Gasteiger partial charge on any atom is 0.251 e. The van der Waals surface area contributed by atoms with E-state index in [-0.39, 0.29) is 5.91 Å². The molecule has 0 aliphatic carbocycles. The quantitative estimate of drug-likeness (QED) is 0.419. The monoisotopic (exact) mass is 388 g/mol. The second kappa shape index (κ2) is 8.32. The number of hydrogen-bond acceptors (Lipinski definition) is 4. The second-order valence-corrected chi connectivity index (χ2v) is 6.84. The van der Waals surface area contributed by atoms with E-state index in [2.05, 4.69) is 34.6 Å². The standard InChI is InChI=1S/C23H24N4O2/c1-2-29-21-14-17(23(28)25-11-5-10-24)8-9-18(21)22-26-19-12-15-6-3-4-7-16(15)13-20(19)27-22/h3-4,6-9,12-14H,2,5,10-11,24H2,1H3,(H,25,28)(H,26,27). The molecule has 6 heteroatoms. The van der Waals surface area contributed by atoms with Crippen molar-refractivity contribution in [1.82, 2.24) is 15.3 Å². The molecular weight excluding hydrogens is 364 g/mol. The fourth-order valence-corrected chi connectivity index (χ4v) is 3.36. The van der Waals surface area contributed by atoms with Gasteiger partial charge in [0.2, 0.25) is 0 Å². The Kier molecular flexibility index (Phi) is 5.44. The highest BCUT2D eigenvalue weighted by molar-refractivity contribution is 5.97. The van der Waals surface area contributed by atoms with Crippen LogP contribution in [0.15, 0.2) is 54.6 Å². The van der Waals surface area contributed by atoms with Gasteiger partial charge >= 0.3 is 0 Å². The number of ether oxygens (including phenoxy) is 1. The van der Waals surface area contributed by atoms with Crippen LogP contribution >= 0.6 is 0 Å². The lowest BCUT2D eigenvalue weighted by molar-refractivity contribution is 0.0953. The van der Waals surface area contributed by atoms with Gasteiger partial charge in [-0.1, -0.05) is 24.3 Å². The zero-order chi connectivity index (χ0) is 20.2. The predicted molar refractivity (Wildman–Crippen MR) is 116 cm³/mol. The number of nitrogens with one attached hydrogen (secondary N) is 2. The van der Waals surface area contributed by atoms with E-state index < -0.39 is 0 Å². The summed E-state index contributed by atoms with van der Waals surface area (Å²) in [4.78, 5) is 20.5. The number of benzene rings is 3. The van der Waals surface area contributed by atoms with Crippen LogP contribution in [0.5, 0.6) is 5.75 Å². The van der Waals surface area contributed by atoms with E-state index in [0.717, 1.165) is 33.8 Å². The largest absolute Gasteiger partial charge is 0.493 e. The Morgan fingerprint density at radius 3 is 2.69 bits per heavy atom. The highest BCUT2D eigenvalue weighted by Crippen LogP contribution is 2.32. The minimum absolute atomic E-state index is 0.137.